The number of benzene rings is 1. The van der Waals surface area contributed by atoms with Gasteiger partial charge in [0.1, 0.15) is 15.8 Å². The molecule has 8 heteroatoms. The molecule has 1 aromatic heterocycles. The molecular formula is C16H22IN5OS. The highest BCUT2D eigenvalue weighted by molar-refractivity contribution is 14.0. The van der Waals surface area contributed by atoms with Crippen molar-refractivity contribution in [3.63, 3.8) is 0 Å². The number of guanidine groups is 1. The Bertz CT molecular complexity index is 703. The third kappa shape index (κ3) is 4.56. The number of nitrogens with one attached hydrogen (secondary N) is 1. The van der Waals surface area contributed by atoms with Crippen molar-refractivity contribution < 1.29 is 4.74 Å². The van der Waals surface area contributed by atoms with Gasteiger partial charge >= 0.3 is 0 Å². The molecule has 24 heavy (non-hydrogen) atoms. The molecule has 1 aliphatic rings. The first-order chi connectivity index (χ1) is 11.1. The van der Waals surface area contributed by atoms with E-state index in [0.717, 1.165) is 27.7 Å². The highest BCUT2D eigenvalue weighted by Gasteiger charge is 2.21. The van der Waals surface area contributed by atoms with E-state index in [-0.39, 0.29) is 30.0 Å². The first-order valence-corrected chi connectivity index (χ1v) is 8.55. The van der Waals surface area contributed by atoms with Crippen molar-refractivity contribution in [2.24, 2.45) is 10.7 Å². The molecule has 1 unspecified atom stereocenters. The number of rotatable bonds is 4. The number of hydrogen-bond donors (Lipinski definition) is 2. The molecule has 0 bridgehead atoms. The van der Waals surface area contributed by atoms with Crippen LogP contribution >= 0.6 is 35.3 Å². The summed E-state index contributed by atoms with van der Waals surface area (Å²) in [4.78, 5) is 4.38. The van der Waals surface area contributed by atoms with Crippen LogP contribution in [0.4, 0.5) is 0 Å². The van der Waals surface area contributed by atoms with Crippen LogP contribution in [-0.2, 0) is 6.54 Å². The largest absolute Gasteiger partial charge is 0.493 e. The zero-order valence-corrected chi connectivity index (χ0v) is 16.9. The number of nitrogens with zero attached hydrogens (tertiary/aromatic N) is 3. The summed E-state index contributed by atoms with van der Waals surface area (Å²) in [5.41, 5.74) is 7.15. The maximum Gasteiger partial charge on any atom is 0.189 e. The van der Waals surface area contributed by atoms with Crippen LogP contribution in [-0.4, -0.2) is 22.8 Å². The van der Waals surface area contributed by atoms with E-state index in [0.29, 0.717) is 25.0 Å². The van der Waals surface area contributed by atoms with Gasteiger partial charge in [0.25, 0.3) is 0 Å². The molecule has 1 aromatic carbocycles. The van der Waals surface area contributed by atoms with E-state index in [1.54, 1.807) is 11.3 Å². The Morgan fingerprint density at radius 3 is 2.96 bits per heavy atom. The molecule has 0 aliphatic carbocycles. The molecule has 0 amide bonds. The van der Waals surface area contributed by atoms with E-state index in [1.165, 1.54) is 0 Å². The van der Waals surface area contributed by atoms with Crippen molar-refractivity contribution in [2.75, 3.05) is 6.61 Å². The van der Waals surface area contributed by atoms with Crippen molar-refractivity contribution in [2.45, 2.75) is 38.8 Å². The van der Waals surface area contributed by atoms with Gasteiger partial charge in [0.05, 0.1) is 19.2 Å². The summed E-state index contributed by atoms with van der Waals surface area (Å²) in [7, 11) is 0. The standard InChI is InChI=1S/C16H21N5OS.HI/c1-10(2)15-21-20-14(23-15)9-18-16(17)19-12-7-8-22-13-6-4-3-5-11(12)13;/h3-6,10,12H,7-9H2,1-2H3,(H3,17,18,19);1H. The van der Waals surface area contributed by atoms with Gasteiger partial charge in [-0.3, -0.25) is 0 Å². The van der Waals surface area contributed by atoms with Crippen LogP contribution in [0.1, 0.15) is 47.8 Å². The maximum atomic E-state index is 6.03. The average molecular weight is 459 g/mol. The third-order valence-electron chi connectivity index (χ3n) is 3.64. The van der Waals surface area contributed by atoms with Crippen LogP contribution in [0.5, 0.6) is 5.75 Å². The highest BCUT2D eigenvalue weighted by Crippen LogP contribution is 2.31. The molecule has 130 valence electrons. The Balaban J connectivity index is 0.00000208. The van der Waals surface area contributed by atoms with Crippen molar-refractivity contribution in [1.29, 1.82) is 0 Å². The van der Waals surface area contributed by atoms with E-state index in [1.807, 2.05) is 18.2 Å². The highest BCUT2D eigenvalue weighted by atomic mass is 127. The molecule has 2 heterocycles. The van der Waals surface area contributed by atoms with Crippen molar-refractivity contribution >= 4 is 41.3 Å². The van der Waals surface area contributed by atoms with Crippen molar-refractivity contribution in [3.05, 3.63) is 39.8 Å². The molecule has 3 N–H and O–H groups in total. The lowest BCUT2D eigenvalue weighted by Gasteiger charge is -2.26. The smallest absolute Gasteiger partial charge is 0.189 e. The van der Waals surface area contributed by atoms with Crippen molar-refractivity contribution in [3.8, 4) is 5.75 Å². The van der Waals surface area contributed by atoms with Crippen LogP contribution in [0.2, 0.25) is 0 Å². The fourth-order valence-electron chi connectivity index (χ4n) is 2.43. The Labute approximate surface area is 162 Å². The maximum absolute atomic E-state index is 6.03. The Morgan fingerprint density at radius 1 is 1.42 bits per heavy atom. The van der Waals surface area contributed by atoms with Crippen LogP contribution in [0.15, 0.2) is 29.3 Å². The first kappa shape index (κ1) is 18.9. The molecule has 1 aliphatic heterocycles. The van der Waals surface area contributed by atoms with Crippen LogP contribution in [0, 0.1) is 0 Å². The number of aromatic nitrogens is 2. The number of hydrogen-bond acceptors (Lipinski definition) is 5. The summed E-state index contributed by atoms with van der Waals surface area (Å²) in [6, 6.07) is 8.14. The van der Waals surface area contributed by atoms with Crippen LogP contribution in [0.25, 0.3) is 0 Å². The van der Waals surface area contributed by atoms with E-state index >= 15 is 0 Å². The summed E-state index contributed by atoms with van der Waals surface area (Å²) < 4.78 is 5.65. The molecule has 6 nitrogen and oxygen atoms in total. The predicted molar refractivity (Wildman–Crippen MR) is 107 cm³/mol. The Kier molecular flexibility index (Phi) is 6.79. The Hall–Kier alpha value is -1.42. The minimum Gasteiger partial charge on any atom is -0.493 e. The second-order valence-corrected chi connectivity index (χ2v) is 6.86. The van der Waals surface area contributed by atoms with Gasteiger partial charge in [-0.1, -0.05) is 43.4 Å². The lowest BCUT2D eigenvalue weighted by molar-refractivity contribution is 0.262. The monoisotopic (exact) mass is 459 g/mol. The van der Waals surface area contributed by atoms with Gasteiger partial charge < -0.3 is 15.8 Å². The summed E-state index contributed by atoms with van der Waals surface area (Å²) in [5, 5.41) is 13.5. The molecule has 0 saturated heterocycles. The van der Waals surface area contributed by atoms with Gasteiger partial charge in [0.15, 0.2) is 5.96 Å². The summed E-state index contributed by atoms with van der Waals surface area (Å²) >= 11 is 1.58. The minimum atomic E-state index is 0. The van der Waals surface area contributed by atoms with Gasteiger partial charge in [0.2, 0.25) is 0 Å². The lowest BCUT2D eigenvalue weighted by atomic mass is 10.0. The Morgan fingerprint density at radius 2 is 2.21 bits per heavy atom. The van der Waals surface area contributed by atoms with Crippen LogP contribution in [0.3, 0.4) is 0 Å². The van der Waals surface area contributed by atoms with Gasteiger partial charge in [-0.15, -0.1) is 34.2 Å². The molecule has 0 spiro atoms. The quantitative estimate of drug-likeness (QED) is 0.417. The fourth-order valence-corrected chi connectivity index (χ4v) is 3.20. The molecule has 1 atom stereocenters. The van der Waals surface area contributed by atoms with E-state index < -0.39 is 0 Å². The van der Waals surface area contributed by atoms with E-state index in [9.17, 15) is 0 Å². The number of para-hydroxylation sites is 1. The molecule has 0 radical (unpaired) electrons. The SMILES string of the molecule is CC(C)c1nnc(CN=C(N)NC2CCOc3ccccc32)s1.I. The number of halogens is 1. The minimum absolute atomic E-state index is 0. The van der Waals surface area contributed by atoms with E-state index in [2.05, 4.69) is 40.4 Å². The fraction of sp³-hybridized carbons (Fsp3) is 0.438. The molecular weight excluding hydrogens is 437 g/mol. The lowest BCUT2D eigenvalue weighted by Crippen LogP contribution is -2.37. The topological polar surface area (TPSA) is 85.4 Å². The number of ether oxygens (including phenoxy) is 1. The van der Waals surface area contributed by atoms with E-state index in [4.69, 9.17) is 10.5 Å². The number of fused-ring (bicyclic) bond motifs is 1. The number of nitrogens with two attached hydrogens (primary N) is 1. The second kappa shape index (κ2) is 8.61. The molecule has 0 saturated carbocycles. The zero-order valence-electron chi connectivity index (χ0n) is 13.7. The van der Waals surface area contributed by atoms with Crippen molar-refractivity contribution in [1.82, 2.24) is 15.5 Å². The zero-order chi connectivity index (χ0) is 16.2. The summed E-state index contributed by atoms with van der Waals surface area (Å²) in [6.07, 6.45) is 0.865. The molecule has 2 aromatic rings. The molecule has 3 rings (SSSR count). The van der Waals surface area contributed by atoms with Crippen LogP contribution < -0.4 is 15.8 Å². The summed E-state index contributed by atoms with van der Waals surface area (Å²) in [5.74, 6) is 1.72. The van der Waals surface area contributed by atoms with Gasteiger partial charge in [-0.25, -0.2) is 4.99 Å². The second-order valence-electron chi connectivity index (χ2n) is 5.76. The normalized spacial score (nSPS) is 17.0. The van der Waals surface area contributed by atoms with Gasteiger partial charge in [0, 0.05) is 17.9 Å². The average Bonchev–Trinajstić information content (AvgIpc) is 3.03. The molecule has 0 fully saturated rings. The first-order valence-electron chi connectivity index (χ1n) is 7.74. The number of aliphatic imine (C=N–C) groups is 1. The van der Waals surface area contributed by atoms with Gasteiger partial charge in [-0.2, -0.15) is 0 Å². The third-order valence-corrected chi connectivity index (χ3v) is 4.85. The predicted octanol–water partition coefficient (Wildman–Crippen LogP) is 3.21. The summed E-state index contributed by atoms with van der Waals surface area (Å²) in [6.45, 7) is 5.34. The van der Waals surface area contributed by atoms with Gasteiger partial charge in [-0.05, 0) is 6.07 Å².